The summed E-state index contributed by atoms with van der Waals surface area (Å²) in [5.41, 5.74) is -1.49. The fraction of sp³-hybridized carbons (Fsp3) is 0.375. The lowest BCUT2D eigenvalue weighted by Gasteiger charge is -2.12. The Morgan fingerprint density at radius 1 is 1.59 bits per heavy atom. The Hall–Kier alpha value is -1.90. The summed E-state index contributed by atoms with van der Waals surface area (Å²) in [6, 6.07) is 0. The van der Waals surface area contributed by atoms with Gasteiger partial charge in [-0.2, -0.15) is 0 Å². The summed E-state index contributed by atoms with van der Waals surface area (Å²) in [5.74, 6) is -1.08. The second kappa shape index (κ2) is 4.53. The molecule has 0 saturated carbocycles. The van der Waals surface area contributed by atoms with Gasteiger partial charge in [0.15, 0.2) is 0 Å². The van der Waals surface area contributed by atoms with E-state index in [9.17, 15) is 23.3 Å². The SMILES string of the molecule is Cc1cnc(CO)c(OC(F)(F)F)c1[N+](=O)[O-]. The molecule has 6 nitrogen and oxygen atoms in total. The van der Waals surface area contributed by atoms with Crippen LogP contribution in [0.5, 0.6) is 5.75 Å². The first-order valence-electron chi connectivity index (χ1n) is 4.25. The van der Waals surface area contributed by atoms with Gasteiger partial charge in [-0.05, 0) is 6.92 Å². The van der Waals surface area contributed by atoms with Crippen LogP contribution in [0.1, 0.15) is 11.3 Å². The van der Waals surface area contributed by atoms with Gasteiger partial charge in [0.25, 0.3) is 0 Å². The number of ether oxygens (including phenoxy) is 1. The first kappa shape index (κ1) is 13.2. The number of aryl methyl sites for hydroxylation is 1. The number of pyridine rings is 1. The molecule has 1 rings (SSSR count). The summed E-state index contributed by atoms with van der Waals surface area (Å²) in [4.78, 5) is 13.1. The fourth-order valence-corrected chi connectivity index (χ4v) is 1.17. The molecule has 94 valence electrons. The molecular weight excluding hydrogens is 245 g/mol. The first-order valence-corrected chi connectivity index (χ1v) is 4.25. The molecule has 9 heteroatoms. The minimum Gasteiger partial charge on any atom is -0.396 e. The van der Waals surface area contributed by atoms with E-state index in [4.69, 9.17) is 5.11 Å². The van der Waals surface area contributed by atoms with Crippen LogP contribution in [0.2, 0.25) is 0 Å². The minimum absolute atomic E-state index is 0.0912. The molecule has 0 fully saturated rings. The quantitative estimate of drug-likeness (QED) is 0.653. The molecule has 1 N–H and O–H groups in total. The van der Waals surface area contributed by atoms with Gasteiger partial charge in [0.1, 0.15) is 5.69 Å². The number of halogens is 3. The van der Waals surface area contributed by atoms with Crippen LogP contribution in [0.3, 0.4) is 0 Å². The highest BCUT2D eigenvalue weighted by molar-refractivity contribution is 5.53. The maximum Gasteiger partial charge on any atom is 0.573 e. The minimum atomic E-state index is -5.09. The highest BCUT2D eigenvalue weighted by Crippen LogP contribution is 2.36. The van der Waals surface area contributed by atoms with Gasteiger partial charge in [-0.25, -0.2) is 0 Å². The molecule has 0 spiro atoms. The van der Waals surface area contributed by atoms with Crippen LogP contribution in [0, 0.1) is 17.0 Å². The van der Waals surface area contributed by atoms with Crippen molar-refractivity contribution in [3.8, 4) is 5.75 Å². The summed E-state index contributed by atoms with van der Waals surface area (Å²) in [7, 11) is 0. The lowest BCUT2D eigenvalue weighted by Crippen LogP contribution is -2.20. The maximum atomic E-state index is 12.1. The molecule has 17 heavy (non-hydrogen) atoms. The Labute approximate surface area is 92.8 Å². The van der Waals surface area contributed by atoms with Crippen LogP contribution in [-0.2, 0) is 6.61 Å². The molecule has 0 aliphatic rings. The first-order chi connectivity index (χ1) is 7.76. The van der Waals surface area contributed by atoms with Crippen molar-refractivity contribution in [1.29, 1.82) is 0 Å². The van der Waals surface area contributed by atoms with Crippen molar-refractivity contribution in [3.05, 3.63) is 27.6 Å². The number of nitrogens with zero attached hydrogens (tertiary/aromatic N) is 2. The highest BCUT2D eigenvalue weighted by Gasteiger charge is 2.37. The molecule has 0 saturated heterocycles. The molecular formula is C8H7F3N2O4. The van der Waals surface area contributed by atoms with E-state index in [1.54, 1.807) is 0 Å². The van der Waals surface area contributed by atoms with Crippen molar-refractivity contribution in [1.82, 2.24) is 4.98 Å². The lowest BCUT2D eigenvalue weighted by molar-refractivity contribution is -0.389. The molecule has 1 aromatic heterocycles. The van der Waals surface area contributed by atoms with E-state index in [0.29, 0.717) is 0 Å². The predicted molar refractivity (Wildman–Crippen MR) is 48.2 cm³/mol. The van der Waals surface area contributed by atoms with Crippen LogP contribution in [-0.4, -0.2) is 21.4 Å². The van der Waals surface area contributed by atoms with E-state index in [1.165, 1.54) is 6.92 Å². The van der Waals surface area contributed by atoms with E-state index in [-0.39, 0.29) is 5.56 Å². The van der Waals surface area contributed by atoms with E-state index in [1.807, 2.05) is 0 Å². The highest BCUT2D eigenvalue weighted by atomic mass is 19.4. The number of nitro groups is 1. The molecule has 0 aromatic carbocycles. The number of hydrogen-bond acceptors (Lipinski definition) is 5. The number of aliphatic hydroxyl groups is 1. The second-order valence-electron chi connectivity index (χ2n) is 3.03. The zero-order chi connectivity index (χ0) is 13.2. The van der Waals surface area contributed by atoms with Crippen LogP contribution in [0.15, 0.2) is 6.20 Å². The smallest absolute Gasteiger partial charge is 0.396 e. The number of aliphatic hydroxyl groups excluding tert-OH is 1. The van der Waals surface area contributed by atoms with Crippen LogP contribution >= 0.6 is 0 Å². The molecule has 0 aliphatic heterocycles. The normalized spacial score (nSPS) is 11.4. The van der Waals surface area contributed by atoms with Gasteiger partial charge in [0.05, 0.1) is 11.5 Å². The van der Waals surface area contributed by atoms with Gasteiger partial charge in [0.2, 0.25) is 5.75 Å². The molecule has 0 radical (unpaired) electrons. The third-order valence-corrected chi connectivity index (χ3v) is 1.81. The van der Waals surface area contributed by atoms with Crippen LogP contribution in [0.25, 0.3) is 0 Å². The topological polar surface area (TPSA) is 85.5 Å². The zero-order valence-electron chi connectivity index (χ0n) is 8.48. The van der Waals surface area contributed by atoms with E-state index >= 15 is 0 Å². The average molecular weight is 252 g/mol. The van der Waals surface area contributed by atoms with E-state index in [0.717, 1.165) is 6.20 Å². The number of alkyl halides is 3. The maximum absolute atomic E-state index is 12.1. The Bertz CT molecular complexity index is 447. The van der Waals surface area contributed by atoms with Crippen molar-refractivity contribution in [3.63, 3.8) is 0 Å². The number of aromatic nitrogens is 1. The molecule has 1 aromatic rings. The van der Waals surface area contributed by atoms with Gasteiger partial charge < -0.3 is 9.84 Å². The molecule has 0 atom stereocenters. The van der Waals surface area contributed by atoms with E-state index in [2.05, 4.69) is 9.72 Å². The molecule has 0 aliphatic carbocycles. The third kappa shape index (κ3) is 3.03. The molecule has 0 unspecified atom stereocenters. The van der Waals surface area contributed by atoms with Crippen molar-refractivity contribution in [2.75, 3.05) is 0 Å². The summed E-state index contributed by atoms with van der Waals surface area (Å²) in [5, 5.41) is 19.4. The van der Waals surface area contributed by atoms with Gasteiger partial charge in [-0.1, -0.05) is 0 Å². The standard InChI is InChI=1S/C8H7F3N2O4/c1-4-2-12-5(3-14)7(6(4)13(15)16)17-8(9,10)11/h2,14H,3H2,1H3. The molecule has 0 bridgehead atoms. The Kier molecular flexibility index (Phi) is 3.51. The third-order valence-electron chi connectivity index (χ3n) is 1.81. The number of hydrogen-bond donors (Lipinski definition) is 1. The summed E-state index contributed by atoms with van der Waals surface area (Å²) in [6.45, 7) is 0.321. The fourth-order valence-electron chi connectivity index (χ4n) is 1.17. The average Bonchev–Trinajstić information content (AvgIpc) is 2.15. The Morgan fingerprint density at radius 2 is 2.18 bits per heavy atom. The lowest BCUT2D eigenvalue weighted by atomic mass is 10.2. The second-order valence-corrected chi connectivity index (χ2v) is 3.03. The van der Waals surface area contributed by atoms with Gasteiger partial charge in [0, 0.05) is 11.8 Å². The van der Waals surface area contributed by atoms with Crippen molar-refractivity contribution >= 4 is 5.69 Å². The monoisotopic (exact) mass is 252 g/mol. The zero-order valence-corrected chi connectivity index (χ0v) is 8.48. The Morgan fingerprint density at radius 3 is 2.59 bits per heavy atom. The molecule has 0 amide bonds. The van der Waals surface area contributed by atoms with Gasteiger partial charge in [-0.3, -0.25) is 15.1 Å². The Balaban J connectivity index is 3.40. The van der Waals surface area contributed by atoms with Gasteiger partial charge >= 0.3 is 12.0 Å². The number of rotatable bonds is 3. The summed E-state index contributed by atoms with van der Waals surface area (Å²) in [6.07, 6.45) is -4.10. The molecule has 1 heterocycles. The van der Waals surface area contributed by atoms with Crippen LogP contribution < -0.4 is 4.74 Å². The van der Waals surface area contributed by atoms with Crippen LogP contribution in [0.4, 0.5) is 18.9 Å². The summed E-state index contributed by atoms with van der Waals surface area (Å²) >= 11 is 0. The van der Waals surface area contributed by atoms with Crippen molar-refractivity contribution in [2.45, 2.75) is 19.9 Å². The van der Waals surface area contributed by atoms with Crippen molar-refractivity contribution in [2.24, 2.45) is 0 Å². The largest absolute Gasteiger partial charge is 0.573 e. The predicted octanol–water partition coefficient (Wildman–Crippen LogP) is 1.69. The summed E-state index contributed by atoms with van der Waals surface area (Å²) < 4.78 is 39.8. The van der Waals surface area contributed by atoms with Gasteiger partial charge in [-0.15, -0.1) is 13.2 Å². The van der Waals surface area contributed by atoms with Crippen molar-refractivity contribution < 1.29 is 27.9 Å². The van der Waals surface area contributed by atoms with E-state index < -0.39 is 35.0 Å².